The van der Waals surface area contributed by atoms with Gasteiger partial charge in [0.15, 0.2) is 0 Å². The molecule has 0 saturated carbocycles. The summed E-state index contributed by atoms with van der Waals surface area (Å²) < 4.78 is 10.1. The molecule has 0 fully saturated rings. The molecule has 64 valence electrons. The van der Waals surface area contributed by atoms with Crippen LogP contribution in [0.1, 0.15) is 0 Å². The summed E-state index contributed by atoms with van der Waals surface area (Å²) in [6.45, 7) is 0. The third-order valence-corrected chi connectivity index (χ3v) is 1.64. The van der Waals surface area contributed by atoms with Gasteiger partial charge in [-0.15, -0.1) is 0 Å². The average Bonchev–Trinajstić information content (AvgIpc) is 2.10. The maximum absolute atomic E-state index is 5.53. The van der Waals surface area contributed by atoms with Crippen LogP contribution in [0.3, 0.4) is 0 Å². The van der Waals surface area contributed by atoms with E-state index in [1.807, 2.05) is 24.3 Å². The quantitative estimate of drug-likeness (QED) is 0.515. The molecule has 0 saturated heterocycles. The summed E-state index contributed by atoms with van der Waals surface area (Å²) in [6, 6.07) is 7.40. The maximum atomic E-state index is 5.53. The Morgan fingerprint density at radius 2 is 1.58 bits per heavy atom. The normalized spacial score (nSPS) is 9.83. The molecule has 1 rings (SSSR count). The van der Waals surface area contributed by atoms with E-state index >= 15 is 0 Å². The first-order valence-corrected chi connectivity index (χ1v) is 3.69. The Hall–Kier alpha value is -0.995. The van der Waals surface area contributed by atoms with Crippen molar-refractivity contribution in [2.24, 2.45) is 0 Å². The van der Waals surface area contributed by atoms with Gasteiger partial charge in [0.1, 0.15) is 0 Å². The number of hydrogen-bond acceptors (Lipinski definition) is 3. The van der Waals surface area contributed by atoms with E-state index in [1.165, 1.54) is 0 Å². The molecule has 1 aromatic carbocycles. The second-order valence-corrected chi connectivity index (χ2v) is 2.47. The lowest BCUT2D eigenvalue weighted by Crippen LogP contribution is -2.34. The van der Waals surface area contributed by atoms with Crippen molar-refractivity contribution in [3.05, 3.63) is 24.3 Å². The first-order valence-electron chi connectivity index (χ1n) is 3.69. The predicted octanol–water partition coefficient (Wildman–Crippen LogP) is 0.257. The third-order valence-electron chi connectivity index (χ3n) is 1.64. The van der Waals surface area contributed by atoms with Gasteiger partial charge in [-0.1, -0.05) is 12.1 Å². The van der Waals surface area contributed by atoms with Gasteiger partial charge < -0.3 is 15.0 Å². The average molecular weight is 165 g/mol. The molecule has 0 unspecified atom stereocenters. The topological polar surface area (TPSA) is 44.5 Å². The standard InChI is InChI=1S/C8H12BNO2/c1-11-9(12-2)7-3-5-8(10)6-4-7/h3-6H,10H2,1-2H3. The lowest BCUT2D eigenvalue weighted by atomic mass is 9.79. The Morgan fingerprint density at radius 1 is 1.08 bits per heavy atom. The fraction of sp³-hybridized carbons (Fsp3) is 0.250. The lowest BCUT2D eigenvalue weighted by molar-refractivity contribution is 0.292. The van der Waals surface area contributed by atoms with Crippen molar-refractivity contribution in [3.8, 4) is 0 Å². The van der Waals surface area contributed by atoms with Gasteiger partial charge in [0.2, 0.25) is 0 Å². The summed E-state index contributed by atoms with van der Waals surface area (Å²) in [5.41, 5.74) is 7.24. The fourth-order valence-corrected chi connectivity index (χ4v) is 1.02. The molecule has 0 aliphatic carbocycles. The van der Waals surface area contributed by atoms with Crippen molar-refractivity contribution in [1.29, 1.82) is 0 Å². The zero-order valence-electron chi connectivity index (χ0n) is 7.28. The molecule has 0 aliphatic heterocycles. The Bertz CT molecular complexity index is 233. The van der Waals surface area contributed by atoms with Crippen molar-refractivity contribution in [2.75, 3.05) is 20.0 Å². The minimum Gasteiger partial charge on any atom is -0.410 e. The zero-order chi connectivity index (χ0) is 8.97. The molecule has 3 nitrogen and oxygen atoms in total. The van der Waals surface area contributed by atoms with Gasteiger partial charge in [0.05, 0.1) is 0 Å². The van der Waals surface area contributed by atoms with Gasteiger partial charge >= 0.3 is 7.12 Å². The highest BCUT2D eigenvalue weighted by Gasteiger charge is 2.16. The molecule has 12 heavy (non-hydrogen) atoms. The van der Waals surface area contributed by atoms with Crippen molar-refractivity contribution >= 4 is 18.3 Å². The second-order valence-electron chi connectivity index (χ2n) is 2.47. The van der Waals surface area contributed by atoms with Crippen LogP contribution < -0.4 is 11.2 Å². The van der Waals surface area contributed by atoms with Crippen LogP contribution in [0, 0.1) is 0 Å². The van der Waals surface area contributed by atoms with Crippen LogP contribution in [0.5, 0.6) is 0 Å². The summed E-state index contributed by atoms with van der Waals surface area (Å²) in [5.74, 6) is 0. The van der Waals surface area contributed by atoms with Gasteiger partial charge in [0, 0.05) is 19.9 Å². The van der Waals surface area contributed by atoms with Gasteiger partial charge in [0.25, 0.3) is 0 Å². The van der Waals surface area contributed by atoms with Crippen LogP contribution >= 0.6 is 0 Å². The summed E-state index contributed by atoms with van der Waals surface area (Å²) in [4.78, 5) is 0. The largest absolute Gasteiger partial charge is 0.493 e. The molecule has 0 bridgehead atoms. The monoisotopic (exact) mass is 165 g/mol. The molecular weight excluding hydrogens is 153 g/mol. The highest BCUT2D eigenvalue weighted by molar-refractivity contribution is 6.61. The number of hydrogen-bond donors (Lipinski definition) is 1. The van der Waals surface area contributed by atoms with Crippen LogP contribution in [0.25, 0.3) is 0 Å². The minimum atomic E-state index is -0.300. The van der Waals surface area contributed by atoms with Crippen molar-refractivity contribution in [3.63, 3.8) is 0 Å². The molecule has 0 aliphatic rings. The summed E-state index contributed by atoms with van der Waals surface area (Å²) in [7, 11) is 2.90. The van der Waals surface area contributed by atoms with Crippen LogP contribution in [0.2, 0.25) is 0 Å². The molecule has 0 amide bonds. The highest BCUT2D eigenvalue weighted by Crippen LogP contribution is 1.98. The molecule has 0 aromatic heterocycles. The molecule has 1 aromatic rings. The number of nitrogen functional groups attached to an aromatic ring is 1. The van der Waals surface area contributed by atoms with E-state index in [1.54, 1.807) is 14.2 Å². The van der Waals surface area contributed by atoms with E-state index in [0.29, 0.717) is 0 Å². The van der Waals surface area contributed by atoms with Gasteiger partial charge in [-0.2, -0.15) is 0 Å². The van der Waals surface area contributed by atoms with Crippen LogP contribution in [-0.4, -0.2) is 21.3 Å². The van der Waals surface area contributed by atoms with E-state index in [2.05, 4.69) is 0 Å². The molecular formula is C8H12BNO2. The Kier molecular flexibility index (Phi) is 3.14. The Balaban J connectivity index is 2.80. The number of benzene rings is 1. The summed E-state index contributed by atoms with van der Waals surface area (Å²) in [5, 5.41) is 0. The number of rotatable bonds is 3. The van der Waals surface area contributed by atoms with Crippen molar-refractivity contribution in [1.82, 2.24) is 0 Å². The third kappa shape index (κ3) is 2.00. The molecule has 4 heteroatoms. The molecule has 0 atom stereocenters. The summed E-state index contributed by atoms with van der Waals surface area (Å²) >= 11 is 0. The van der Waals surface area contributed by atoms with Crippen LogP contribution in [0.15, 0.2) is 24.3 Å². The van der Waals surface area contributed by atoms with Gasteiger partial charge in [-0.25, -0.2) is 0 Å². The van der Waals surface area contributed by atoms with Crippen LogP contribution in [-0.2, 0) is 9.31 Å². The minimum absolute atomic E-state index is 0.300. The van der Waals surface area contributed by atoms with E-state index in [9.17, 15) is 0 Å². The number of anilines is 1. The molecule has 0 heterocycles. The van der Waals surface area contributed by atoms with Crippen molar-refractivity contribution in [2.45, 2.75) is 0 Å². The second kappa shape index (κ2) is 4.14. The predicted molar refractivity (Wildman–Crippen MR) is 50.3 cm³/mol. The first-order chi connectivity index (χ1) is 5.77. The summed E-state index contributed by atoms with van der Waals surface area (Å²) in [6.07, 6.45) is 0. The molecule has 0 radical (unpaired) electrons. The van der Waals surface area contributed by atoms with E-state index in [-0.39, 0.29) is 7.12 Å². The molecule has 0 spiro atoms. The lowest BCUT2D eigenvalue weighted by Gasteiger charge is -2.07. The molecule has 2 N–H and O–H groups in total. The highest BCUT2D eigenvalue weighted by atomic mass is 16.6. The Morgan fingerprint density at radius 3 is 2.00 bits per heavy atom. The van der Waals surface area contributed by atoms with Gasteiger partial charge in [-0.05, 0) is 17.6 Å². The first kappa shape index (κ1) is 9.10. The SMILES string of the molecule is COB(OC)c1ccc(N)cc1. The van der Waals surface area contributed by atoms with E-state index in [4.69, 9.17) is 15.0 Å². The van der Waals surface area contributed by atoms with E-state index in [0.717, 1.165) is 11.2 Å². The fourth-order valence-electron chi connectivity index (χ4n) is 1.02. The van der Waals surface area contributed by atoms with Gasteiger partial charge in [-0.3, -0.25) is 0 Å². The maximum Gasteiger partial charge on any atom is 0.493 e. The van der Waals surface area contributed by atoms with Crippen molar-refractivity contribution < 1.29 is 9.31 Å². The van der Waals surface area contributed by atoms with Crippen LogP contribution in [0.4, 0.5) is 5.69 Å². The number of nitrogens with two attached hydrogens (primary N) is 1. The zero-order valence-corrected chi connectivity index (χ0v) is 7.28. The Labute approximate surface area is 72.6 Å². The smallest absolute Gasteiger partial charge is 0.410 e. The van der Waals surface area contributed by atoms with E-state index < -0.39 is 0 Å².